The van der Waals surface area contributed by atoms with Crippen LogP contribution in [0, 0.1) is 0 Å². The molecule has 5 nitrogen and oxygen atoms in total. The Hall–Kier alpha value is -0.650. The summed E-state index contributed by atoms with van der Waals surface area (Å²) < 4.78 is 24.0. The smallest absolute Gasteiger partial charge is 0.337 e. The highest BCUT2D eigenvalue weighted by molar-refractivity contribution is 5.75. The van der Waals surface area contributed by atoms with Crippen molar-refractivity contribution in [3.63, 3.8) is 0 Å². The molecule has 5 atom stereocenters. The summed E-state index contributed by atoms with van der Waals surface area (Å²) in [5.74, 6) is -2.36. The molecule has 3 aliphatic rings. The van der Waals surface area contributed by atoms with Crippen LogP contribution in [-0.2, 0) is 23.7 Å². The van der Waals surface area contributed by atoms with Crippen LogP contribution in [0.2, 0.25) is 0 Å². The molecule has 5 heteroatoms. The minimum Gasteiger partial charge on any atom is -0.425 e. The second-order valence-electron chi connectivity index (χ2n) is 6.33. The lowest BCUT2D eigenvalue weighted by Crippen LogP contribution is -2.70. The molecule has 0 amide bonds. The Morgan fingerprint density at radius 1 is 0.900 bits per heavy atom. The molecule has 0 aromatic carbocycles. The molecule has 3 saturated heterocycles. The third-order valence-electron chi connectivity index (χ3n) is 4.56. The van der Waals surface area contributed by atoms with Crippen molar-refractivity contribution in [2.24, 2.45) is 0 Å². The first kappa shape index (κ1) is 14.3. The highest BCUT2D eigenvalue weighted by Crippen LogP contribution is 2.49. The minimum absolute atomic E-state index is 0.0475. The highest BCUT2D eigenvalue weighted by Gasteiger charge is 2.65. The van der Waals surface area contributed by atoms with Gasteiger partial charge in [-0.1, -0.05) is 0 Å². The number of esters is 1. The normalized spacial score (nSPS) is 49.4. The van der Waals surface area contributed by atoms with E-state index in [1.165, 1.54) is 0 Å². The first-order chi connectivity index (χ1) is 9.46. The average Bonchev–Trinajstić information content (AvgIpc) is 2.37. The topological polar surface area (TPSA) is 54.0 Å². The number of carbonyl (C=O) groups excluding carboxylic acids is 1. The Bertz CT molecular complexity index is 398. The van der Waals surface area contributed by atoms with E-state index in [1.54, 1.807) is 6.92 Å². The number of carbonyl (C=O) groups is 1. The maximum atomic E-state index is 12.0. The molecule has 20 heavy (non-hydrogen) atoms. The summed E-state index contributed by atoms with van der Waals surface area (Å²) >= 11 is 0. The van der Waals surface area contributed by atoms with Crippen LogP contribution in [-0.4, -0.2) is 35.9 Å². The predicted molar refractivity (Wildman–Crippen MR) is 70.9 cm³/mol. The van der Waals surface area contributed by atoms with Gasteiger partial charge >= 0.3 is 5.97 Å². The molecule has 1 unspecified atom stereocenters. The Morgan fingerprint density at radius 2 is 1.45 bits per heavy atom. The van der Waals surface area contributed by atoms with Gasteiger partial charge in [0.15, 0.2) is 6.10 Å². The molecule has 114 valence electrons. The zero-order chi connectivity index (χ0) is 14.4. The summed E-state index contributed by atoms with van der Waals surface area (Å²) in [6.07, 6.45) is 4.80. The maximum Gasteiger partial charge on any atom is 0.337 e. The lowest BCUT2D eigenvalue weighted by atomic mass is 9.87. The van der Waals surface area contributed by atoms with Crippen molar-refractivity contribution in [1.82, 2.24) is 0 Å². The average molecular weight is 284 g/mol. The standard InChI is InChI=1S/C15H24O5/c1-10-6-4-8-14(17-10)15(9-5-7-11(2)18-15)20-13(16)12(3)19-14/h10-12H,4-9H2,1-3H3/t10-,11-,12?,14+,15+/m0/s1. The van der Waals surface area contributed by atoms with Crippen molar-refractivity contribution in [1.29, 1.82) is 0 Å². The Balaban J connectivity index is 1.96. The van der Waals surface area contributed by atoms with Gasteiger partial charge in [-0.05, 0) is 46.5 Å². The number of ether oxygens (including phenoxy) is 4. The second-order valence-corrected chi connectivity index (χ2v) is 6.33. The van der Waals surface area contributed by atoms with Crippen LogP contribution in [0.5, 0.6) is 0 Å². The molecule has 0 saturated carbocycles. The van der Waals surface area contributed by atoms with Crippen molar-refractivity contribution in [3.8, 4) is 0 Å². The fourth-order valence-corrected chi connectivity index (χ4v) is 3.60. The third kappa shape index (κ3) is 2.16. The van der Waals surface area contributed by atoms with Crippen LogP contribution in [0.15, 0.2) is 0 Å². The predicted octanol–water partition coefficient (Wildman–Crippen LogP) is 2.52. The van der Waals surface area contributed by atoms with E-state index in [0.717, 1.165) is 25.7 Å². The van der Waals surface area contributed by atoms with Crippen molar-refractivity contribution >= 4 is 5.97 Å². The Morgan fingerprint density at radius 3 is 2.05 bits per heavy atom. The first-order valence-electron chi connectivity index (χ1n) is 7.73. The number of hydrogen-bond donors (Lipinski definition) is 0. The van der Waals surface area contributed by atoms with Gasteiger partial charge < -0.3 is 18.9 Å². The van der Waals surface area contributed by atoms with Crippen molar-refractivity contribution in [2.45, 2.75) is 89.2 Å². The van der Waals surface area contributed by atoms with Crippen LogP contribution in [0.1, 0.15) is 59.3 Å². The summed E-state index contributed by atoms with van der Waals surface area (Å²) in [6.45, 7) is 5.75. The molecule has 2 spiro atoms. The Kier molecular flexibility index (Phi) is 3.55. The van der Waals surface area contributed by atoms with Gasteiger partial charge in [-0.2, -0.15) is 0 Å². The van der Waals surface area contributed by atoms with Gasteiger partial charge in [0.1, 0.15) is 0 Å². The van der Waals surface area contributed by atoms with Crippen LogP contribution < -0.4 is 0 Å². The lowest BCUT2D eigenvalue weighted by molar-refractivity contribution is -0.455. The largest absolute Gasteiger partial charge is 0.425 e. The lowest BCUT2D eigenvalue weighted by Gasteiger charge is -2.56. The van der Waals surface area contributed by atoms with Gasteiger partial charge in [-0.25, -0.2) is 4.79 Å². The second kappa shape index (κ2) is 4.97. The molecule has 3 rings (SSSR count). The Labute approximate surface area is 119 Å². The summed E-state index contributed by atoms with van der Waals surface area (Å²) in [5.41, 5.74) is 0. The van der Waals surface area contributed by atoms with Gasteiger partial charge in [0.05, 0.1) is 12.2 Å². The van der Waals surface area contributed by atoms with Crippen molar-refractivity contribution in [2.75, 3.05) is 0 Å². The van der Waals surface area contributed by atoms with Crippen LogP contribution in [0.3, 0.4) is 0 Å². The number of rotatable bonds is 0. The summed E-state index contributed by atoms with van der Waals surface area (Å²) in [5, 5.41) is 0. The minimum atomic E-state index is -1.07. The molecule has 0 bridgehead atoms. The van der Waals surface area contributed by atoms with Crippen LogP contribution in [0.4, 0.5) is 0 Å². The fourth-order valence-electron chi connectivity index (χ4n) is 3.60. The van der Waals surface area contributed by atoms with Gasteiger partial charge in [-0.3, -0.25) is 0 Å². The monoisotopic (exact) mass is 284 g/mol. The molecule has 3 aliphatic heterocycles. The van der Waals surface area contributed by atoms with Gasteiger partial charge in [-0.15, -0.1) is 0 Å². The molecule has 3 heterocycles. The van der Waals surface area contributed by atoms with E-state index in [2.05, 4.69) is 0 Å². The summed E-state index contributed by atoms with van der Waals surface area (Å²) in [7, 11) is 0. The van der Waals surface area contributed by atoms with E-state index in [9.17, 15) is 4.79 Å². The molecule has 0 radical (unpaired) electrons. The zero-order valence-corrected chi connectivity index (χ0v) is 12.5. The van der Waals surface area contributed by atoms with E-state index in [4.69, 9.17) is 18.9 Å². The number of hydrogen-bond acceptors (Lipinski definition) is 5. The fraction of sp³-hybridized carbons (Fsp3) is 0.933. The number of fused-ring (bicyclic) bond motifs is 1. The summed E-state index contributed by atoms with van der Waals surface area (Å²) in [6, 6.07) is 0. The molecule has 0 aromatic rings. The van der Waals surface area contributed by atoms with Crippen molar-refractivity contribution in [3.05, 3.63) is 0 Å². The van der Waals surface area contributed by atoms with Gasteiger partial charge in [0.2, 0.25) is 5.79 Å². The SMILES string of the molecule is CC1O[C@]2(CCC[C@H](C)O2)[C@@]2(CCC[C@H](C)O2)OC1=O. The molecular formula is C15H24O5. The molecule has 0 aromatic heterocycles. The van der Waals surface area contributed by atoms with E-state index in [-0.39, 0.29) is 18.2 Å². The third-order valence-corrected chi connectivity index (χ3v) is 4.56. The quantitative estimate of drug-likeness (QED) is 0.640. The zero-order valence-electron chi connectivity index (χ0n) is 12.5. The van der Waals surface area contributed by atoms with E-state index in [1.807, 2.05) is 13.8 Å². The molecular weight excluding hydrogens is 260 g/mol. The van der Waals surface area contributed by atoms with E-state index < -0.39 is 17.7 Å². The molecule has 0 aliphatic carbocycles. The summed E-state index contributed by atoms with van der Waals surface area (Å²) in [4.78, 5) is 12.0. The first-order valence-corrected chi connectivity index (χ1v) is 7.73. The molecule has 0 N–H and O–H groups in total. The molecule has 3 fully saturated rings. The highest BCUT2D eigenvalue weighted by atomic mass is 16.8. The maximum absolute atomic E-state index is 12.0. The van der Waals surface area contributed by atoms with E-state index >= 15 is 0 Å². The van der Waals surface area contributed by atoms with Crippen LogP contribution in [0.25, 0.3) is 0 Å². The van der Waals surface area contributed by atoms with E-state index in [0.29, 0.717) is 12.8 Å². The van der Waals surface area contributed by atoms with Gasteiger partial charge in [0.25, 0.3) is 5.79 Å². The van der Waals surface area contributed by atoms with Crippen molar-refractivity contribution < 1.29 is 23.7 Å². The van der Waals surface area contributed by atoms with Crippen LogP contribution >= 0.6 is 0 Å². The van der Waals surface area contributed by atoms with Gasteiger partial charge in [0, 0.05) is 12.8 Å².